The van der Waals surface area contributed by atoms with Crippen LogP contribution >= 0.6 is 0 Å². The largest absolute Gasteiger partial charge is 0.481 e. The van der Waals surface area contributed by atoms with Crippen molar-refractivity contribution in [2.24, 2.45) is 5.41 Å². The maximum atomic E-state index is 10.7. The molecule has 1 aromatic rings. The van der Waals surface area contributed by atoms with E-state index in [2.05, 4.69) is 11.1 Å². The van der Waals surface area contributed by atoms with Crippen LogP contribution in [0.5, 0.6) is 5.88 Å². The average Bonchev–Trinajstić information content (AvgIpc) is 2.47. The highest BCUT2D eigenvalue weighted by Gasteiger charge is 2.39. The van der Waals surface area contributed by atoms with Crippen LogP contribution < -0.4 is 4.74 Å². The predicted octanol–water partition coefficient (Wildman–Crippen LogP) is 3.38. The van der Waals surface area contributed by atoms with Gasteiger partial charge in [0.2, 0.25) is 5.88 Å². The van der Waals surface area contributed by atoms with Gasteiger partial charge < -0.3 is 9.84 Å². The highest BCUT2D eigenvalue weighted by atomic mass is 16.5. The molecule has 2 rings (SSSR count). The molecule has 0 aromatic carbocycles. The third-order valence-electron chi connectivity index (χ3n) is 4.28. The normalized spacial score (nSPS) is 20.2. The monoisotopic (exact) mass is 274 g/mol. The molecule has 0 saturated heterocycles. The van der Waals surface area contributed by atoms with E-state index in [4.69, 9.17) is 4.74 Å². The molecule has 0 spiro atoms. The number of hydrogen-bond donors (Lipinski definition) is 1. The molecule has 1 aliphatic rings. The van der Waals surface area contributed by atoms with Gasteiger partial charge in [0.1, 0.15) is 0 Å². The molecule has 1 aliphatic carbocycles. The van der Waals surface area contributed by atoms with Crippen LogP contribution in [0, 0.1) is 16.7 Å². The fraction of sp³-hybridized carbons (Fsp3) is 0.625. The van der Waals surface area contributed by atoms with Gasteiger partial charge in [-0.2, -0.15) is 5.26 Å². The number of hydrogen-bond acceptors (Lipinski definition) is 4. The molecule has 1 atom stereocenters. The van der Waals surface area contributed by atoms with Gasteiger partial charge in [0, 0.05) is 17.8 Å². The Morgan fingerprint density at radius 1 is 1.25 bits per heavy atom. The summed E-state index contributed by atoms with van der Waals surface area (Å²) in [7, 11) is 1.56. The van der Waals surface area contributed by atoms with Crippen LogP contribution in [-0.2, 0) is 0 Å². The van der Waals surface area contributed by atoms with Crippen LogP contribution in [0.1, 0.15) is 56.6 Å². The van der Waals surface area contributed by atoms with Crippen molar-refractivity contribution in [3.05, 3.63) is 23.9 Å². The molecule has 1 unspecified atom stereocenters. The van der Waals surface area contributed by atoms with E-state index in [0.29, 0.717) is 11.4 Å². The summed E-state index contributed by atoms with van der Waals surface area (Å²) in [5, 5.41) is 20.3. The number of aliphatic hydroxyl groups is 1. The molecule has 1 fully saturated rings. The summed E-state index contributed by atoms with van der Waals surface area (Å²) in [6.45, 7) is 0. The minimum absolute atomic E-state index is 0.518. The zero-order chi connectivity index (χ0) is 14.4. The molecule has 20 heavy (non-hydrogen) atoms. The van der Waals surface area contributed by atoms with Crippen LogP contribution in [0.2, 0.25) is 0 Å². The first-order valence-electron chi connectivity index (χ1n) is 7.31. The number of ether oxygens (including phenoxy) is 1. The maximum Gasteiger partial charge on any atom is 0.212 e. The van der Waals surface area contributed by atoms with E-state index < -0.39 is 11.5 Å². The Hall–Kier alpha value is -1.60. The number of pyridine rings is 1. The zero-order valence-corrected chi connectivity index (χ0v) is 12.0. The van der Waals surface area contributed by atoms with Crippen LogP contribution in [-0.4, -0.2) is 17.2 Å². The third kappa shape index (κ3) is 3.10. The van der Waals surface area contributed by atoms with Gasteiger partial charge in [-0.15, -0.1) is 0 Å². The molecule has 1 N–H and O–H groups in total. The van der Waals surface area contributed by atoms with E-state index in [9.17, 15) is 10.4 Å². The number of nitriles is 1. The summed E-state index contributed by atoms with van der Waals surface area (Å²) in [5.74, 6) is 0.518. The Morgan fingerprint density at radius 3 is 2.40 bits per heavy atom. The second kappa shape index (κ2) is 6.71. The fourth-order valence-electron chi connectivity index (χ4n) is 2.98. The predicted molar refractivity (Wildman–Crippen MR) is 76.1 cm³/mol. The lowest BCUT2D eigenvalue weighted by molar-refractivity contribution is 0.0431. The van der Waals surface area contributed by atoms with Crippen molar-refractivity contribution >= 4 is 0 Å². The van der Waals surface area contributed by atoms with Gasteiger partial charge in [-0.3, -0.25) is 0 Å². The molecular weight excluding hydrogens is 252 g/mol. The van der Waals surface area contributed by atoms with E-state index in [0.717, 1.165) is 38.5 Å². The summed E-state index contributed by atoms with van der Waals surface area (Å²) in [6.07, 6.45) is 7.91. The van der Waals surface area contributed by atoms with Gasteiger partial charge in [-0.1, -0.05) is 32.1 Å². The van der Waals surface area contributed by atoms with Crippen molar-refractivity contribution < 1.29 is 9.84 Å². The van der Waals surface area contributed by atoms with Gasteiger partial charge in [-0.25, -0.2) is 4.98 Å². The highest BCUT2D eigenvalue weighted by Crippen LogP contribution is 2.43. The minimum atomic E-state index is -0.774. The maximum absolute atomic E-state index is 10.7. The Bertz CT molecular complexity index is 456. The molecule has 108 valence electrons. The summed E-state index contributed by atoms with van der Waals surface area (Å²) in [4.78, 5) is 4.13. The number of rotatable bonds is 3. The number of methoxy groups -OCH3 is 1. The molecule has 0 amide bonds. The van der Waals surface area contributed by atoms with E-state index >= 15 is 0 Å². The smallest absolute Gasteiger partial charge is 0.212 e. The van der Waals surface area contributed by atoms with Crippen molar-refractivity contribution in [2.45, 2.75) is 51.0 Å². The summed E-state index contributed by atoms with van der Waals surface area (Å²) in [6, 6.07) is 5.93. The van der Waals surface area contributed by atoms with E-state index in [1.54, 1.807) is 25.4 Å². The minimum Gasteiger partial charge on any atom is -0.481 e. The summed E-state index contributed by atoms with van der Waals surface area (Å²) < 4.78 is 5.02. The van der Waals surface area contributed by atoms with Crippen molar-refractivity contribution in [1.82, 2.24) is 4.98 Å². The second-order valence-corrected chi connectivity index (χ2v) is 5.57. The van der Waals surface area contributed by atoms with Crippen LogP contribution in [0.25, 0.3) is 0 Å². The van der Waals surface area contributed by atoms with Crippen molar-refractivity contribution in [2.75, 3.05) is 7.11 Å². The number of aliphatic hydroxyl groups excluding tert-OH is 1. The third-order valence-corrected chi connectivity index (χ3v) is 4.28. The Morgan fingerprint density at radius 2 is 1.90 bits per heavy atom. The van der Waals surface area contributed by atoms with E-state index in [1.165, 1.54) is 6.42 Å². The van der Waals surface area contributed by atoms with Crippen molar-refractivity contribution in [3.63, 3.8) is 0 Å². The van der Waals surface area contributed by atoms with Gasteiger partial charge in [0.05, 0.1) is 24.7 Å². The first kappa shape index (κ1) is 14.8. The molecule has 0 aliphatic heterocycles. The number of aromatic nitrogens is 1. The summed E-state index contributed by atoms with van der Waals surface area (Å²) >= 11 is 0. The molecule has 1 aromatic heterocycles. The molecule has 1 saturated carbocycles. The molecule has 4 nitrogen and oxygen atoms in total. The van der Waals surface area contributed by atoms with Crippen LogP contribution in [0.4, 0.5) is 0 Å². The van der Waals surface area contributed by atoms with Crippen molar-refractivity contribution in [3.8, 4) is 11.9 Å². The van der Waals surface area contributed by atoms with E-state index in [1.807, 2.05) is 0 Å². The van der Waals surface area contributed by atoms with Crippen LogP contribution in [0.15, 0.2) is 18.3 Å². The van der Waals surface area contributed by atoms with Crippen LogP contribution in [0.3, 0.4) is 0 Å². The Labute approximate surface area is 120 Å². The highest BCUT2D eigenvalue weighted by molar-refractivity contribution is 5.24. The molecular formula is C16H22N2O2. The molecule has 0 radical (unpaired) electrons. The molecule has 4 heteroatoms. The van der Waals surface area contributed by atoms with Gasteiger partial charge >= 0.3 is 0 Å². The fourth-order valence-corrected chi connectivity index (χ4v) is 2.98. The lowest BCUT2D eigenvalue weighted by Crippen LogP contribution is -2.28. The summed E-state index contributed by atoms with van der Waals surface area (Å²) in [5.41, 5.74) is 0.0318. The number of nitrogens with zero attached hydrogens (tertiary/aromatic N) is 2. The first-order chi connectivity index (χ1) is 9.72. The standard InChI is InChI=1S/C16H22N2O2/c1-20-14-8-7-13(11-18-14)15(19)16(12-17)9-5-3-2-4-6-10-16/h7-8,11,15,19H,2-6,9-10H2,1H3. The zero-order valence-electron chi connectivity index (χ0n) is 12.0. The van der Waals surface area contributed by atoms with Gasteiger partial charge in [0.25, 0.3) is 0 Å². The second-order valence-electron chi connectivity index (χ2n) is 5.57. The molecule has 0 bridgehead atoms. The first-order valence-corrected chi connectivity index (χ1v) is 7.31. The van der Waals surface area contributed by atoms with Gasteiger partial charge in [0.15, 0.2) is 0 Å². The molecule has 1 heterocycles. The SMILES string of the molecule is COc1ccc(C(O)C2(C#N)CCCCCCC2)cn1. The Balaban J connectivity index is 2.21. The lowest BCUT2D eigenvalue weighted by atomic mass is 9.71. The van der Waals surface area contributed by atoms with Gasteiger partial charge in [-0.05, 0) is 18.9 Å². The topological polar surface area (TPSA) is 66.1 Å². The van der Waals surface area contributed by atoms with E-state index in [-0.39, 0.29) is 0 Å². The lowest BCUT2D eigenvalue weighted by Gasteiger charge is -2.33. The Kier molecular flexibility index (Phi) is 4.97. The average molecular weight is 274 g/mol. The van der Waals surface area contributed by atoms with Crippen molar-refractivity contribution in [1.29, 1.82) is 5.26 Å². The quantitative estimate of drug-likeness (QED) is 0.917.